The van der Waals surface area contributed by atoms with E-state index in [9.17, 15) is 18.8 Å². The molecule has 2 heterocycles. The lowest BCUT2D eigenvalue weighted by Crippen LogP contribution is -2.36. The van der Waals surface area contributed by atoms with Crippen molar-refractivity contribution in [2.24, 2.45) is 0 Å². The molecule has 0 saturated carbocycles. The highest BCUT2D eigenvalue weighted by Crippen LogP contribution is 2.26. The standard InChI is InChI=1S/C27H31FN4O4/c1-16-17(2)25-22(27(35)32(15-30-25)20-7-9-36-10-8-20)13-19(16)11-18-5-6-21(23(28)12-18)26(34)29-14-24(33)31(3)4/h5-6,12-13,15,20H,7-11,14H2,1-4H3,(H,29,34). The molecule has 0 radical (unpaired) electrons. The summed E-state index contributed by atoms with van der Waals surface area (Å²) in [5.41, 5.74) is 3.95. The van der Waals surface area contributed by atoms with Crippen LogP contribution in [0.1, 0.15) is 51.5 Å². The molecule has 0 spiro atoms. The molecular weight excluding hydrogens is 463 g/mol. The van der Waals surface area contributed by atoms with Crippen molar-refractivity contribution in [2.75, 3.05) is 33.9 Å². The van der Waals surface area contributed by atoms with E-state index in [2.05, 4.69) is 10.3 Å². The maximum atomic E-state index is 14.8. The number of halogens is 1. The summed E-state index contributed by atoms with van der Waals surface area (Å²) < 4.78 is 21.9. The van der Waals surface area contributed by atoms with Gasteiger partial charge in [0.25, 0.3) is 11.5 Å². The molecule has 4 rings (SSSR count). The molecule has 190 valence electrons. The van der Waals surface area contributed by atoms with Crippen LogP contribution in [0.15, 0.2) is 35.4 Å². The van der Waals surface area contributed by atoms with Crippen LogP contribution in [0.25, 0.3) is 10.9 Å². The number of carbonyl (C=O) groups is 2. The van der Waals surface area contributed by atoms with Gasteiger partial charge in [0, 0.05) is 33.4 Å². The van der Waals surface area contributed by atoms with Crippen LogP contribution in [0.3, 0.4) is 0 Å². The highest BCUT2D eigenvalue weighted by Gasteiger charge is 2.20. The maximum Gasteiger partial charge on any atom is 0.261 e. The lowest BCUT2D eigenvalue weighted by Gasteiger charge is -2.24. The van der Waals surface area contributed by atoms with Crippen LogP contribution >= 0.6 is 0 Å². The average Bonchev–Trinajstić information content (AvgIpc) is 2.86. The van der Waals surface area contributed by atoms with Crippen LogP contribution in [0.5, 0.6) is 0 Å². The van der Waals surface area contributed by atoms with E-state index in [0.717, 1.165) is 29.5 Å². The summed E-state index contributed by atoms with van der Waals surface area (Å²) in [7, 11) is 3.16. The Bertz CT molecular complexity index is 1380. The SMILES string of the molecule is Cc1c(Cc2ccc(C(=O)NCC(=O)N(C)C)c(F)c2)cc2c(=O)n(C3CCOCC3)cnc2c1C. The Morgan fingerprint density at radius 2 is 1.89 bits per heavy atom. The zero-order valence-electron chi connectivity index (χ0n) is 21.1. The molecule has 1 fully saturated rings. The first-order chi connectivity index (χ1) is 17.2. The fourth-order valence-corrected chi connectivity index (χ4v) is 4.50. The van der Waals surface area contributed by atoms with Gasteiger partial charge in [0.2, 0.25) is 5.91 Å². The number of nitrogens with one attached hydrogen (secondary N) is 1. The Labute approximate surface area is 209 Å². The van der Waals surface area contributed by atoms with E-state index in [4.69, 9.17) is 4.74 Å². The van der Waals surface area contributed by atoms with E-state index in [0.29, 0.717) is 36.1 Å². The summed E-state index contributed by atoms with van der Waals surface area (Å²) in [5, 5.41) is 2.99. The fraction of sp³-hybridized carbons (Fsp3) is 0.407. The molecule has 1 aliphatic heterocycles. The summed E-state index contributed by atoms with van der Waals surface area (Å²) >= 11 is 0. The summed E-state index contributed by atoms with van der Waals surface area (Å²) in [6, 6.07) is 6.35. The van der Waals surface area contributed by atoms with Crippen LogP contribution in [0, 0.1) is 19.7 Å². The Balaban J connectivity index is 1.61. The number of fused-ring (bicyclic) bond motifs is 1. The molecule has 2 amide bonds. The second-order valence-corrected chi connectivity index (χ2v) is 9.44. The number of benzene rings is 2. The van der Waals surface area contributed by atoms with E-state index < -0.39 is 11.7 Å². The minimum atomic E-state index is -0.666. The van der Waals surface area contributed by atoms with Gasteiger partial charge >= 0.3 is 0 Å². The number of hydrogen-bond donors (Lipinski definition) is 1. The van der Waals surface area contributed by atoms with Gasteiger partial charge in [-0.15, -0.1) is 0 Å². The van der Waals surface area contributed by atoms with Gasteiger partial charge < -0.3 is 15.0 Å². The molecule has 0 bridgehead atoms. The van der Waals surface area contributed by atoms with E-state index >= 15 is 0 Å². The molecule has 0 unspecified atom stereocenters. The highest BCUT2D eigenvalue weighted by molar-refractivity contribution is 5.96. The van der Waals surface area contributed by atoms with Crippen molar-refractivity contribution in [2.45, 2.75) is 39.2 Å². The van der Waals surface area contributed by atoms with Gasteiger partial charge in [0.05, 0.1) is 29.3 Å². The molecule has 3 aromatic rings. The topological polar surface area (TPSA) is 93.5 Å². The quantitative estimate of drug-likeness (QED) is 0.569. The van der Waals surface area contributed by atoms with Crippen molar-refractivity contribution < 1.29 is 18.7 Å². The second kappa shape index (κ2) is 10.6. The molecular formula is C27H31FN4O4. The number of hydrogen-bond acceptors (Lipinski definition) is 5. The third-order valence-electron chi connectivity index (χ3n) is 6.91. The summed E-state index contributed by atoms with van der Waals surface area (Å²) in [4.78, 5) is 43.3. The first-order valence-electron chi connectivity index (χ1n) is 12.0. The van der Waals surface area contributed by atoms with Gasteiger partial charge in [-0.2, -0.15) is 0 Å². The lowest BCUT2D eigenvalue weighted by atomic mass is 9.94. The van der Waals surface area contributed by atoms with Crippen LogP contribution in [0.4, 0.5) is 4.39 Å². The van der Waals surface area contributed by atoms with Crippen molar-refractivity contribution in [1.82, 2.24) is 19.8 Å². The Kier molecular flexibility index (Phi) is 7.49. The Morgan fingerprint density at radius 3 is 2.56 bits per heavy atom. The molecule has 1 N–H and O–H groups in total. The molecule has 1 saturated heterocycles. The zero-order valence-corrected chi connectivity index (χ0v) is 21.1. The van der Waals surface area contributed by atoms with E-state index in [1.807, 2.05) is 19.9 Å². The summed E-state index contributed by atoms with van der Waals surface area (Å²) in [6.45, 7) is 4.95. The van der Waals surface area contributed by atoms with Crippen LogP contribution in [-0.4, -0.2) is 60.1 Å². The summed E-state index contributed by atoms with van der Waals surface area (Å²) in [5.74, 6) is -1.60. The Hall–Kier alpha value is -3.59. The number of likely N-dealkylation sites (N-methyl/N-ethyl adjacent to an activating group) is 1. The van der Waals surface area contributed by atoms with Crippen LogP contribution in [-0.2, 0) is 16.0 Å². The third kappa shape index (κ3) is 5.16. The minimum Gasteiger partial charge on any atom is -0.381 e. The van der Waals surface area contributed by atoms with Crippen molar-refractivity contribution in [1.29, 1.82) is 0 Å². The highest BCUT2D eigenvalue weighted by atomic mass is 19.1. The van der Waals surface area contributed by atoms with E-state index in [1.54, 1.807) is 31.1 Å². The number of aromatic nitrogens is 2. The predicted octanol–water partition coefficient (Wildman–Crippen LogP) is 2.91. The zero-order chi connectivity index (χ0) is 26.0. The normalized spacial score (nSPS) is 14.1. The molecule has 1 aromatic heterocycles. The lowest BCUT2D eigenvalue weighted by molar-refractivity contribution is -0.127. The molecule has 9 heteroatoms. The number of amides is 2. The van der Waals surface area contributed by atoms with Gasteiger partial charge in [-0.05, 0) is 73.6 Å². The molecule has 1 aliphatic rings. The molecule has 2 aromatic carbocycles. The third-order valence-corrected chi connectivity index (χ3v) is 6.91. The second-order valence-electron chi connectivity index (χ2n) is 9.44. The Morgan fingerprint density at radius 1 is 1.17 bits per heavy atom. The van der Waals surface area contributed by atoms with Gasteiger partial charge in [-0.1, -0.05) is 6.07 Å². The monoisotopic (exact) mass is 494 g/mol. The number of carbonyl (C=O) groups excluding carboxylic acids is 2. The number of nitrogens with zero attached hydrogens (tertiary/aromatic N) is 3. The number of aryl methyl sites for hydroxylation is 1. The van der Waals surface area contributed by atoms with Crippen LogP contribution < -0.4 is 10.9 Å². The number of ether oxygens (including phenoxy) is 1. The maximum absolute atomic E-state index is 14.8. The fourth-order valence-electron chi connectivity index (χ4n) is 4.50. The first-order valence-corrected chi connectivity index (χ1v) is 12.0. The van der Waals surface area contributed by atoms with Gasteiger partial charge in [0.15, 0.2) is 0 Å². The van der Waals surface area contributed by atoms with Crippen LogP contribution in [0.2, 0.25) is 0 Å². The smallest absolute Gasteiger partial charge is 0.261 e. The van der Waals surface area contributed by atoms with Gasteiger partial charge in [-0.25, -0.2) is 9.37 Å². The largest absolute Gasteiger partial charge is 0.381 e. The van der Waals surface area contributed by atoms with Crippen molar-refractivity contribution >= 4 is 22.7 Å². The minimum absolute atomic E-state index is 0.0639. The van der Waals surface area contributed by atoms with E-state index in [-0.39, 0.29) is 29.6 Å². The molecule has 8 nitrogen and oxygen atoms in total. The van der Waals surface area contributed by atoms with Gasteiger partial charge in [0.1, 0.15) is 5.82 Å². The van der Waals surface area contributed by atoms with E-state index in [1.165, 1.54) is 17.0 Å². The van der Waals surface area contributed by atoms with Crippen molar-refractivity contribution in [3.63, 3.8) is 0 Å². The number of rotatable bonds is 6. The van der Waals surface area contributed by atoms with Crippen molar-refractivity contribution in [3.8, 4) is 0 Å². The predicted molar refractivity (Wildman–Crippen MR) is 135 cm³/mol. The van der Waals surface area contributed by atoms with Gasteiger partial charge in [-0.3, -0.25) is 19.0 Å². The molecule has 0 aliphatic carbocycles. The summed E-state index contributed by atoms with van der Waals surface area (Å²) in [6.07, 6.45) is 3.57. The average molecular weight is 495 g/mol. The molecule has 0 atom stereocenters. The first kappa shape index (κ1) is 25.5. The molecule has 36 heavy (non-hydrogen) atoms. The van der Waals surface area contributed by atoms with Crippen molar-refractivity contribution in [3.05, 3.63) is 74.6 Å².